The Bertz CT molecular complexity index is 701. The maximum Gasteiger partial charge on any atom is 0.358 e. The fraction of sp³-hybridized carbons (Fsp3) is 0.0833. The maximum atomic E-state index is 11.7. The van der Waals surface area contributed by atoms with E-state index < -0.39 is 11.9 Å². The third kappa shape index (κ3) is 3.17. The SMILES string of the molecule is N#Cc1cccc(NC(=O)Cn2cc(C(=O)O)nn2)c1. The Labute approximate surface area is 113 Å². The summed E-state index contributed by atoms with van der Waals surface area (Å²) in [6.45, 7) is -0.170. The highest BCUT2D eigenvalue weighted by Crippen LogP contribution is 2.09. The number of aromatic carboxylic acids is 1. The Morgan fingerprint density at radius 1 is 1.45 bits per heavy atom. The molecule has 0 atom stereocenters. The lowest BCUT2D eigenvalue weighted by Gasteiger charge is -2.04. The molecule has 1 amide bonds. The molecule has 0 aliphatic carbocycles. The number of amides is 1. The standard InChI is InChI=1S/C12H9N5O3/c13-5-8-2-1-3-9(4-8)14-11(18)7-17-6-10(12(19)20)15-16-17/h1-4,6H,7H2,(H,14,18)(H,19,20). The van der Waals surface area contributed by atoms with Gasteiger partial charge in [0.15, 0.2) is 5.69 Å². The van der Waals surface area contributed by atoms with Crippen LogP contribution in [0.4, 0.5) is 5.69 Å². The van der Waals surface area contributed by atoms with Gasteiger partial charge in [0.05, 0.1) is 17.8 Å². The summed E-state index contributed by atoms with van der Waals surface area (Å²) in [5.74, 6) is -1.61. The summed E-state index contributed by atoms with van der Waals surface area (Å²) in [5, 5.41) is 26.9. The molecule has 0 radical (unpaired) electrons. The molecule has 0 saturated heterocycles. The number of hydrogen-bond donors (Lipinski definition) is 2. The Hall–Kier alpha value is -3.21. The molecule has 1 aromatic carbocycles. The second-order valence-electron chi connectivity index (χ2n) is 3.85. The smallest absolute Gasteiger partial charge is 0.358 e. The molecule has 20 heavy (non-hydrogen) atoms. The molecule has 8 heteroatoms. The molecule has 100 valence electrons. The first-order valence-corrected chi connectivity index (χ1v) is 5.52. The van der Waals surface area contributed by atoms with Crippen molar-refractivity contribution in [3.8, 4) is 6.07 Å². The number of carboxylic acids is 1. The van der Waals surface area contributed by atoms with Gasteiger partial charge in [0.25, 0.3) is 0 Å². The number of rotatable bonds is 4. The molecule has 0 bridgehead atoms. The Morgan fingerprint density at radius 2 is 2.25 bits per heavy atom. The topological polar surface area (TPSA) is 121 Å². The van der Waals surface area contributed by atoms with Crippen molar-refractivity contribution < 1.29 is 14.7 Å². The molecule has 1 aromatic heterocycles. The summed E-state index contributed by atoms with van der Waals surface area (Å²) in [7, 11) is 0. The Morgan fingerprint density at radius 3 is 2.90 bits per heavy atom. The van der Waals surface area contributed by atoms with Crippen molar-refractivity contribution in [3.05, 3.63) is 41.7 Å². The first-order valence-electron chi connectivity index (χ1n) is 5.52. The number of carboxylic acid groups (broad SMARTS) is 1. The van der Waals surface area contributed by atoms with Crippen LogP contribution in [0.2, 0.25) is 0 Å². The van der Waals surface area contributed by atoms with Gasteiger partial charge in [0.2, 0.25) is 5.91 Å². The second-order valence-corrected chi connectivity index (χ2v) is 3.85. The van der Waals surface area contributed by atoms with Gasteiger partial charge in [0, 0.05) is 5.69 Å². The van der Waals surface area contributed by atoms with Crippen LogP contribution in [0, 0.1) is 11.3 Å². The van der Waals surface area contributed by atoms with E-state index >= 15 is 0 Å². The molecule has 0 unspecified atom stereocenters. The number of nitrogens with one attached hydrogen (secondary N) is 1. The van der Waals surface area contributed by atoms with Crippen LogP contribution in [0.3, 0.4) is 0 Å². The summed E-state index contributed by atoms with van der Waals surface area (Å²) in [6.07, 6.45) is 1.16. The summed E-state index contributed by atoms with van der Waals surface area (Å²) in [4.78, 5) is 22.3. The van der Waals surface area contributed by atoms with Crippen molar-refractivity contribution in [1.82, 2.24) is 15.0 Å². The molecule has 2 aromatic rings. The fourth-order valence-corrected chi connectivity index (χ4v) is 1.49. The Kier molecular flexibility index (Phi) is 3.72. The predicted molar refractivity (Wildman–Crippen MR) is 66.8 cm³/mol. The van der Waals surface area contributed by atoms with Crippen molar-refractivity contribution in [3.63, 3.8) is 0 Å². The highest BCUT2D eigenvalue weighted by Gasteiger charge is 2.10. The van der Waals surface area contributed by atoms with Gasteiger partial charge in [0.1, 0.15) is 6.54 Å². The fourth-order valence-electron chi connectivity index (χ4n) is 1.49. The minimum atomic E-state index is -1.21. The van der Waals surface area contributed by atoms with Gasteiger partial charge in [-0.15, -0.1) is 5.10 Å². The van der Waals surface area contributed by atoms with Crippen molar-refractivity contribution >= 4 is 17.6 Å². The molecule has 2 N–H and O–H groups in total. The first kappa shape index (κ1) is 13.2. The molecule has 0 saturated carbocycles. The number of nitrogens with zero attached hydrogens (tertiary/aromatic N) is 4. The van der Waals surface area contributed by atoms with Crippen molar-refractivity contribution in [2.75, 3.05) is 5.32 Å². The Balaban J connectivity index is 2.01. The third-order valence-corrected chi connectivity index (χ3v) is 2.34. The van der Waals surface area contributed by atoms with Gasteiger partial charge in [-0.05, 0) is 18.2 Å². The van der Waals surface area contributed by atoms with E-state index in [1.165, 1.54) is 6.07 Å². The predicted octanol–water partition coefficient (Wildman–Crippen LogP) is 0.487. The van der Waals surface area contributed by atoms with E-state index in [0.29, 0.717) is 11.3 Å². The van der Waals surface area contributed by atoms with Crippen LogP contribution in [-0.2, 0) is 11.3 Å². The van der Waals surface area contributed by atoms with Crippen LogP contribution in [0.5, 0.6) is 0 Å². The molecule has 0 spiro atoms. The van der Waals surface area contributed by atoms with Crippen LogP contribution >= 0.6 is 0 Å². The van der Waals surface area contributed by atoms with E-state index in [-0.39, 0.29) is 12.2 Å². The zero-order valence-corrected chi connectivity index (χ0v) is 10.1. The number of nitriles is 1. The van der Waals surface area contributed by atoms with E-state index in [9.17, 15) is 9.59 Å². The van der Waals surface area contributed by atoms with Crippen LogP contribution in [0.25, 0.3) is 0 Å². The second kappa shape index (κ2) is 5.62. The van der Waals surface area contributed by atoms with Gasteiger partial charge >= 0.3 is 5.97 Å². The minimum Gasteiger partial charge on any atom is -0.476 e. The summed E-state index contributed by atoms with van der Waals surface area (Å²) >= 11 is 0. The normalized spacial score (nSPS) is 9.75. The van der Waals surface area contributed by atoms with E-state index in [0.717, 1.165) is 10.9 Å². The number of hydrogen-bond acceptors (Lipinski definition) is 5. The monoisotopic (exact) mass is 271 g/mol. The van der Waals surface area contributed by atoms with E-state index in [1.807, 2.05) is 6.07 Å². The van der Waals surface area contributed by atoms with Gasteiger partial charge < -0.3 is 10.4 Å². The van der Waals surface area contributed by atoms with Crippen molar-refractivity contribution in [2.24, 2.45) is 0 Å². The van der Waals surface area contributed by atoms with Gasteiger partial charge in [-0.25, -0.2) is 9.48 Å². The number of anilines is 1. The van der Waals surface area contributed by atoms with Crippen LogP contribution in [0.1, 0.15) is 16.1 Å². The lowest BCUT2D eigenvalue weighted by atomic mass is 10.2. The highest BCUT2D eigenvalue weighted by molar-refractivity contribution is 5.90. The van der Waals surface area contributed by atoms with Crippen molar-refractivity contribution in [2.45, 2.75) is 6.54 Å². The lowest BCUT2D eigenvalue weighted by molar-refractivity contribution is -0.116. The molecule has 1 heterocycles. The summed E-state index contributed by atoms with van der Waals surface area (Å²) in [6, 6.07) is 8.40. The van der Waals surface area contributed by atoms with E-state index in [2.05, 4.69) is 15.6 Å². The molecule has 0 fully saturated rings. The molecular weight excluding hydrogens is 262 g/mol. The number of carbonyl (C=O) groups is 2. The number of carbonyl (C=O) groups excluding carboxylic acids is 1. The number of benzene rings is 1. The minimum absolute atomic E-state index is 0.170. The molecule has 0 aliphatic rings. The molecule has 2 rings (SSSR count). The first-order chi connectivity index (χ1) is 9.58. The molecular formula is C12H9N5O3. The maximum absolute atomic E-state index is 11.7. The number of aromatic nitrogens is 3. The van der Waals surface area contributed by atoms with Crippen LogP contribution in [0.15, 0.2) is 30.5 Å². The zero-order chi connectivity index (χ0) is 14.5. The average molecular weight is 271 g/mol. The largest absolute Gasteiger partial charge is 0.476 e. The zero-order valence-electron chi connectivity index (χ0n) is 10.1. The third-order valence-electron chi connectivity index (χ3n) is 2.34. The van der Waals surface area contributed by atoms with E-state index in [1.54, 1.807) is 18.2 Å². The lowest BCUT2D eigenvalue weighted by Crippen LogP contribution is -2.19. The molecule has 8 nitrogen and oxygen atoms in total. The molecule has 0 aliphatic heterocycles. The summed E-state index contributed by atoms with van der Waals surface area (Å²) in [5.41, 5.74) is 0.675. The summed E-state index contributed by atoms with van der Waals surface area (Å²) < 4.78 is 1.12. The van der Waals surface area contributed by atoms with Gasteiger partial charge in [-0.1, -0.05) is 11.3 Å². The highest BCUT2D eigenvalue weighted by atomic mass is 16.4. The van der Waals surface area contributed by atoms with Crippen LogP contribution < -0.4 is 5.32 Å². The quantitative estimate of drug-likeness (QED) is 0.834. The van der Waals surface area contributed by atoms with E-state index in [4.69, 9.17) is 10.4 Å². The van der Waals surface area contributed by atoms with Crippen LogP contribution in [-0.4, -0.2) is 32.0 Å². The average Bonchev–Trinajstić information content (AvgIpc) is 2.87. The van der Waals surface area contributed by atoms with Gasteiger partial charge in [-0.2, -0.15) is 5.26 Å². The van der Waals surface area contributed by atoms with Crippen molar-refractivity contribution in [1.29, 1.82) is 5.26 Å². The van der Waals surface area contributed by atoms with Gasteiger partial charge in [-0.3, -0.25) is 4.79 Å².